The monoisotopic (exact) mass is 225 g/mol. The molecule has 1 rings (SSSR count). The second kappa shape index (κ2) is 4.65. The number of hydrogen-bond acceptors (Lipinski definition) is 2. The first-order valence-corrected chi connectivity index (χ1v) is 4.36. The minimum absolute atomic E-state index is 0.431. The lowest BCUT2D eigenvalue weighted by Gasteiger charge is -2.18. The minimum Gasteiger partial charge on any atom is -0.468 e. The van der Waals surface area contributed by atoms with Gasteiger partial charge in [-0.1, -0.05) is 0 Å². The summed E-state index contributed by atoms with van der Waals surface area (Å²) in [6.07, 6.45) is -2.27. The van der Waals surface area contributed by atoms with Crippen molar-refractivity contribution in [2.75, 3.05) is 6.54 Å². The second-order valence-electron chi connectivity index (χ2n) is 3.18. The van der Waals surface area contributed by atoms with Gasteiger partial charge in [-0.05, 0) is 19.1 Å². The Balaban J connectivity index is 2.44. The summed E-state index contributed by atoms with van der Waals surface area (Å²) in [6.45, 7) is 0.479. The van der Waals surface area contributed by atoms with Crippen molar-refractivity contribution in [3.8, 4) is 0 Å². The molecule has 1 N–H and O–H groups in total. The topological polar surface area (TPSA) is 25.2 Å². The predicted molar refractivity (Wildman–Crippen MR) is 46.1 cm³/mol. The van der Waals surface area contributed by atoms with Crippen molar-refractivity contribution in [1.82, 2.24) is 5.32 Å². The molecule has 1 aromatic rings. The van der Waals surface area contributed by atoms with Crippen LogP contribution in [-0.2, 0) is 0 Å². The Morgan fingerprint density at radius 3 is 2.60 bits per heavy atom. The molecule has 0 aliphatic carbocycles. The molecule has 0 radical (unpaired) electrons. The van der Waals surface area contributed by atoms with Gasteiger partial charge in [-0.3, -0.25) is 0 Å². The number of halogens is 4. The van der Waals surface area contributed by atoms with Crippen molar-refractivity contribution in [1.29, 1.82) is 0 Å². The number of furan rings is 1. The van der Waals surface area contributed by atoms with E-state index in [9.17, 15) is 17.6 Å². The molecular weight excluding hydrogens is 214 g/mol. The fourth-order valence-electron chi connectivity index (χ4n) is 1.00. The highest BCUT2D eigenvalue weighted by atomic mass is 19.3. The summed E-state index contributed by atoms with van der Waals surface area (Å²) in [5.41, 5.74) is 0. The third-order valence-corrected chi connectivity index (χ3v) is 1.93. The molecule has 0 fully saturated rings. The quantitative estimate of drug-likeness (QED) is 0.779. The first kappa shape index (κ1) is 12.0. The van der Waals surface area contributed by atoms with Crippen molar-refractivity contribution < 1.29 is 22.0 Å². The Bertz CT molecular complexity index is 286. The summed E-state index contributed by atoms with van der Waals surface area (Å²) < 4.78 is 53.5. The summed E-state index contributed by atoms with van der Waals surface area (Å²) in [7, 11) is 0. The van der Waals surface area contributed by atoms with Crippen molar-refractivity contribution in [2.45, 2.75) is 25.3 Å². The lowest BCUT2D eigenvalue weighted by Crippen LogP contribution is -2.39. The number of nitrogens with one attached hydrogen (secondary N) is 1. The molecular formula is C9H11F4NO. The molecule has 0 saturated heterocycles. The van der Waals surface area contributed by atoms with E-state index < -0.39 is 24.9 Å². The third-order valence-electron chi connectivity index (χ3n) is 1.93. The van der Waals surface area contributed by atoms with Gasteiger partial charge in [-0.2, -0.15) is 8.78 Å². The normalized spacial score (nSPS) is 14.5. The molecule has 0 aliphatic heterocycles. The van der Waals surface area contributed by atoms with Crippen molar-refractivity contribution in [3.05, 3.63) is 24.2 Å². The molecule has 0 saturated carbocycles. The Morgan fingerprint density at radius 2 is 2.13 bits per heavy atom. The summed E-state index contributed by atoms with van der Waals surface area (Å²) >= 11 is 0. The van der Waals surface area contributed by atoms with Crippen LogP contribution in [0, 0.1) is 0 Å². The first-order chi connectivity index (χ1) is 6.93. The standard InChI is InChI=1S/C9H11F4NO/c1-6(7-3-2-4-15-7)14-5-9(12,13)8(10)11/h2-4,6,8,14H,5H2,1H3. The SMILES string of the molecule is CC(NCC(F)(F)C(F)F)c1ccco1. The van der Waals surface area contributed by atoms with Crippen molar-refractivity contribution >= 4 is 0 Å². The largest absolute Gasteiger partial charge is 0.468 e. The molecule has 2 nitrogen and oxygen atoms in total. The minimum atomic E-state index is -4.01. The van der Waals surface area contributed by atoms with Gasteiger partial charge >= 0.3 is 12.3 Å². The van der Waals surface area contributed by atoms with E-state index in [4.69, 9.17) is 4.42 Å². The fourth-order valence-corrected chi connectivity index (χ4v) is 1.00. The molecule has 0 spiro atoms. The van der Waals surface area contributed by atoms with E-state index in [2.05, 4.69) is 5.32 Å². The van der Waals surface area contributed by atoms with Crippen LogP contribution in [0.4, 0.5) is 17.6 Å². The average Bonchev–Trinajstić information content (AvgIpc) is 2.66. The maximum Gasteiger partial charge on any atom is 0.319 e. The van der Waals surface area contributed by atoms with Gasteiger partial charge in [0.1, 0.15) is 5.76 Å². The van der Waals surface area contributed by atoms with Gasteiger partial charge in [0.2, 0.25) is 0 Å². The van der Waals surface area contributed by atoms with E-state index in [0.717, 1.165) is 0 Å². The highest BCUT2D eigenvalue weighted by Crippen LogP contribution is 2.23. The lowest BCUT2D eigenvalue weighted by molar-refractivity contribution is -0.126. The van der Waals surface area contributed by atoms with Gasteiger partial charge in [0.25, 0.3) is 0 Å². The summed E-state index contributed by atoms with van der Waals surface area (Å²) in [5.74, 6) is -3.58. The summed E-state index contributed by atoms with van der Waals surface area (Å²) in [5, 5.41) is 2.28. The van der Waals surface area contributed by atoms with Crippen LogP contribution < -0.4 is 5.32 Å². The van der Waals surface area contributed by atoms with Crippen LogP contribution in [0.3, 0.4) is 0 Å². The molecule has 15 heavy (non-hydrogen) atoms. The molecule has 1 atom stereocenters. The Hall–Kier alpha value is -1.04. The fraction of sp³-hybridized carbons (Fsp3) is 0.556. The van der Waals surface area contributed by atoms with E-state index >= 15 is 0 Å². The molecule has 0 amide bonds. The zero-order valence-electron chi connectivity index (χ0n) is 8.01. The third kappa shape index (κ3) is 3.23. The van der Waals surface area contributed by atoms with E-state index in [1.54, 1.807) is 19.1 Å². The highest BCUT2D eigenvalue weighted by Gasteiger charge is 2.40. The van der Waals surface area contributed by atoms with Crippen LogP contribution in [0.2, 0.25) is 0 Å². The van der Waals surface area contributed by atoms with Crippen LogP contribution in [0.1, 0.15) is 18.7 Å². The molecule has 0 aromatic carbocycles. The summed E-state index contributed by atoms with van der Waals surface area (Å²) in [4.78, 5) is 0. The van der Waals surface area contributed by atoms with Crippen LogP contribution in [-0.4, -0.2) is 18.9 Å². The molecule has 1 aromatic heterocycles. The van der Waals surface area contributed by atoms with Gasteiger partial charge in [0, 0.05) is 0 Å². The van der Waals surface area contributed by atoms with Crippen molar-refractivity contribution in [2.24, 2.45) is 0 Å². The number of alkyl halides is 4. The van der Waals surface area contributed by atoms with Crippen LogP contribution in [0.5, 0.6) is 0 Å². The van der Waals surface area contributed by atoms with Crippen molar-refractivity contribution in [3.63, 3.8) is 0 Å². The molecule has 6 heteroatoms. The Morgan fingerprint density at radius 1 is 1.47 bits per heavy atom. The number of hydrogen-bond donors (Lipinski definition) is 1. The molecule has 1 unspecified atom stereocenters. The number of rotatable bonds is 5. The van der Waals surface area contributed by atoms with Crippen LogP contribution in [0.25, 0.3) is 0 Å². The average molecular weight is 225 g/mol. The smallest absolute Gasteiger partial charge is 0.319 e. The maximum atomic E-state index is 12.5. The maximum absolute atomic E-state index is 12.5. The molecule has 1 heterocycles. The van der Waals surface area contributed by atoms with E-state index in [-0.39, 0.29) is 0 Å². The van der Waals surface area contributed by atoms with Crippen LogP contribution >= 0.6 is 0 Å². The summed E-state index contributed by atoms with van der Waals surface area (Å²) in [6, 6.07) is 2.65. The highest BCUT2D eigenvalue weighted by molar-refractivity contribution is 5.03. The molecule has 0 aliphatic rings. The molecule has 86 valence electrons. The van der Waals surface area contributed by atoms with Gasteiger partial charge in [-0.15, -0.1) is 0 Å². The van der Waals surface area contributed by atoms with Gasteiger partial charge in [0.05, 0.1) is 18.8 Å². The second-order valence-corrected chi connectivity index (χ2v) is 3.18. The predicted octanol–water partition coefficient (Wildman–Crippen LogP) is 2.83. The van der Waals surface area contributed by atoms with Crippen LogP contribution in [0.15, 0.2) is 22.8 Å². The van der Waals surface area contributed by atoms with E-state index in [0.29, 0.717) is 5.76 Å². The lowest BCUT2D eigenvalue weighted by atomic mass is 10.2. The zero-order chi connectivity index (χ0) is 11.5. The molecule has 0 bridgehead atoms. The van der Waals surface area contributed by atoms with Gasteiger partial charge < -0.3 is 9.73 Å². The van der Waals surface area contributed by atoms with Gasteiger partial charge in [0.15, 0.2) is 0 Å². The van der Waals surface area contributed by atoms with E-state index in [1.165, 1.54) is 6.26 Å². The first-order valence-electron chi connectivity index (χ1n) is 4.36. The Kier molecular flexibility index (Phi) is 3.73. The zero-order valence-corrected chi connectivity index (χ0v) is 8.01. The van der Waals surface area contributed by atoms with Gasteiger partial charge in [-0.25, -0.2) is 8.78 Å². The van der Waals surface area contributed by atoms with E-state index in [1.807, 2.05) is 0 Å². The Labute approximate surface area is 84.3 Å².